The van der Waals surface area contributed by atoms with E-state index in [1.807, 2.05) is 6.07 Å². The molecule has 6 heteroatoms. The highest BCUT2D eigenvalue weighted by atomic mass is 35.5. The molecule has 0 spiro atoms. The molecule has 1 aromatic rings. The van der Waals surface area contributed by atoms with Crippen molar-refractivity contribution in [3.05, 3.63) is 17.2 Å². The Morgan fingerprint density at radius 2 is 2.33 bits per heavy atom. The van der Waals surface area contributed by atoms with Crippen molar-refractivity contribution in [3.63, 3.8) is 0 Å². The number of rotatable bonds is 2. The highest BCUT2D eigenvalue weighted by Gasteiger charge is 2.21. The van der Waals surface area contributed by atoms with Gasteiger partial charge in [-0.1, -0.05) is 11.6 Å². The van der Waals surface area contributed by atoms with Crippen molar-refractivity contribution in [2.45, 2.75) is 12.5 Å². The van der Waals surface area contributed by atoms with Crippen LogP contribution in [0.2, 0.25) is 5.02 Å². The molecule has 2 aliphatic rings. The molecule has 1 aromatic carbocycles. The van der Waals surface area contributed by atoms with E-state index >= 15 is 0 Å². The second kappa shape index (κ2) is 4.66. The summed E-state index contributed by atoms with van der Waals surface area (Å²) in [7, 11) is 0. The lowest BCUT2D eigenvalue weighted by Gasteiger charge is -2.21. The van der Waals surface area contributed by atoms with Crippen molar-refractivity contribution >= 4 is 28.9 Å². The number of hydrogen-bond acceptors (Lipinski definition) is 4. The SMILES string of the molecule is O=C1COc2cc(NC3CCOC3)c(Cl)cc2N1. The van der Waals surface area contributed by atoms with Crippen molar-refractivity contribution < 1.29 is 14.3 Å². The lowest BCUT2D eigenvalue weighted by atomic mass is 10.2. The second-order valence-corrected chi connectivity index (χ2v) is 4.78. The van der Waals surface area contributed by atoms with E-state index in [0.29, 0.717) is 23.1 Å². The maximum atomic E-state index is 11.2. The zero-order chi connectivity index (χ0) is 12.5. The molecule has 0 bridgehead atoms. The normalized spacial score (nSPS) is 22.1. The molecule has 0 aliphatic carbocycles. The van der Waals surface area contributed by atoms with Crippen LogP contribution in [0, 0.1) is 0 Å². The van der Waals surface area contributed by atoms with Gasteiger partial charge in [0.1, 0.15) is 5.75 Å². The number of ether oxygens (including phenoxy) is 2. The van der Waals surface area contributed by atoms with Gasteiger partial charge < -0.3 is 20.1 Å². The third-order valence-electron chi connectivity index (χ3n) is 2.99. The fourth-order valence-electron chi connectivity index (χ4n) is 2.08. The molecule has 1 unspecified atom stereocenters. The summed E-state index contributed by atoms with van der Waals surface area (Å²) in [6.45, 7) is 1.50. The molecular weight excluding hydrogens is 256 g/mol. The van der Waals surface area contributed by atoms with Crippen LogP contribution in [0.4, 0.5) is 11.4 Å². The predicted molar refractivity (Wildman–Crippen MR) is 68.4 cm³/mol. The third-order valence-corrected chi connectivity index (χ3v) is 3.30. The van der Waals surface area contributed by atoms with Gasteiger partial charge in [-0.05, 0) is 12.5 Å². The summed E-state index contributed by atoms with van der Waals surface area (Å²) in [5.74, 6) is 0.476. The summed E-state index contributed by atoms with van der Waals surface area (Å²) in [5, 5.41) is 6.60. The van der Waals surface area contributed by atoms with Gasteiger partial charge >= 0.3 is 0 Å². The highest BCUT2D eigenvalue weighted by molar-refractivity contribution is 6.33. The molecule has 2 aliphatic heterocycles. The Morgan fingerprint density at radius 1 is 1.44 bits per heavy atom. The van der Waals surface area contributed by atoms with E-state index in [9.17, 15) is 4.79 Å². The van der Waals surface area contributed by atoms with Crippen LogP contribution in [0.25, 0.3) is 0 Å². The Labute approximate surface area is 109 Å². The number of halogens is 1. The predicted octanol–water partition coefficient (Wildman–Crippen LogP) is 1.87. The molecule has 18 heavy (non-hydrogen) atoms. The van der Waals surface area contributed by atoms with Crippen LogP contribution < -0.4 is 15.4 Å². The van der Waals surface area contributed by atoms with E-state index in [4.69, 9.17) is 21.1 Å². The number of benzene rings is 1. The summed E-state index contributed by atoms with van der Waals surface area (Å²) in [5.41, 5.74) is 1.42. The number of carbonyl (C=O) groups excluding carboxylic acids is 1. The van der Waals surface area contributed by atoms with E-state index in [-0.39, 0.29) is 18.6 Å². The monoisotopic (exact) mass is 268 g/mol. The fraction of sp³-hybridized carbons (Fsp3) is 0.417. The van der Waals surface area contributed by atoms with Crippen molar-refractivity contribution in [2.24, 2.45) is 0 Å². The van der Waals surface area contributed by atoms with Crippen molar-refractivity contribution in [2.75, 3.05) is 30.5 Å². The molecule has 0 radical (unpaired) electrons. The molecule has 1 atom stereocenters. The molecule has 96 valence electrons. The number of fused-ring (bicyclic) bond motifs is 1. The Hall–Kier alpha value is -1.46. The van der Waals surface area contributed by atoms with Gasteiger partial charge in [-0.2, -0.15) is 0 Å². The first-order chi connectivity index (χ1) is 8.72. The van der Waals surface area contributed by atoms with Crippen LogP contribution >= 0.6 is 11.6 Å². The lowest BCUT2D eigenvalue weighted by Crippen LogP contribution is -2.26. The number of amides is 1. The maximum Gasteiger partial charge on any atom is 0.262 e. The Balaban J connectivity index is 1.84. The van der Waals surface area contributed by atoms with Gasteiger partial charge in [0, 0.05) is 12.7 Å². The summed E-state index contributed by atoms with van der Waals surface area (Å²) in [4.78, 5) is 11.2. The number of carbonyl (C=O) groups is 1. The Morgan fingerprint density at radius 3 is 3.11 bits per heavy atom. The minimum Gasteiger partial charge on any atom is -0.482 e. The topological polar surface area (TPSA) is 59.6 Å². The van der Waals surface area contributed by atoms with Crippen LogP contribution in [0.15, 0.2) is 12.1 Å². The zero-order valence-electron chi connectivity index (χ0n) is 9.66. The molecular formula is C12H13ClN2O3. The van der Waals surface area contributed by atoms with Gasteiger partial charge in [0.05, 0.1) is 29.0 Å². The minimum absolute atomic E-state index is 0.0423. The summed E-state index contributed by atoms with van der Waals surface area (Å²) in [6, 6.07) is 3.79. The van der Waals surface area contributed by atoms with E-state index in [2.05, 4.69) is 10.6 Å². The number of nitrogens with one attached hydrogen (secondary N) is 2. The van der Waals surface area contributed by atoms with Crippen LogP contribution in [0.1, 0.15) is 6.42 Å². The molecule has 5 nitrogen and oxygen atoms in total. The van der Waals surface area contributed by atoms with Crippen LogP contribution in [-0.2, 0) is 9.53 Å². The van der Waals surface area contributed by atoms with E-state index in [0.717, 1.165) is 18.7 Å². The van der Waals surface area contributed by atoms with Gasteiger partial charge in [-0.3, -0.25) is 4.79 Å². The first-order valence-corrected chi connectivity index (χ1v) is 6.20. The summed E-state index contributed by atoms with van der Waals surface area (Å²) < 4.78 is 10.7. The van der Waals surface area contributed by atoms with Gasteiger partial charge in [-0.15, -0.1) is 0 Å². The smallest absolute Gasteiger partial charge is 0.262 e. The van der Waals surface area contributed by atoms with Crippen molar-refractivity contribution in [3.8, 4) is 5.75 Å². The maximum absolute atomic E-state index is 11.2. The Kier molecular flexibility index (Phi) is 3.01. The van der Waals surface area contributed by atoms with Crippen LogP contribution in [0.5, 0.6) is 5.75 Å². The summed E-state index contributed by atoms with van der Waals surface area (Å²) in [6.07, 6.45) is 0.963. The number of anilines is 2. The standard InChI is InChI=1S/C12H13ClN2O3/c13-8-3-10-11(18-6-12(16)15-10)4-9(8)14-7-1-2-17-5-7/h3-4,7,14H,1-2,5-6H2,(H,15,16). The lowest BCUT2D eigenvalue weighted by molar-refractivity contribution is -0.118. The molecule has 1 fully saturated rings. The van der Waals surface area contributed by atoms with Gasteiger partial charge in [0.2, 0.25) is 0 Å². The Bertz CT molecular complexity index is 486. The molecule has 3 rings (SSSR count). The second-order valence-electron chi connectivity index (χ2n) is 4.37. The average Bonchev–Trinajstić information content (AvgIpc) is 2.83. The van der Waals surface area contributed by atoms with Crippen LogP contribution in [-0.4, -0.2) is 31.8 Å². The molecule has 2 heterocycles. The first kappa shape index (κ1) is 11.6. The third kappa shape index (κ3) is 2.23. The average molecular weight is 269 g/mol. The molecule has 0 aromatic heterocycles. The van der Waals surface area contributed by atoms with E-state index < -0.39 is 0 Å². The molecule has 1 amide bonds. The fourth-order valence-corrected chi connectivity index (χ4v) is 2.30. The number of hydrogen-bond donors (Lipinski definition) is 2. The highest BCUT2D eigenvalue weighted by Crippen LogP contribution is 2.36. The van der Waals surface area contributed by atoms with Gasteiger partial charge in [0.15, 0.2) is 6.61 Å². The van der Waals surface area contributed by atoms with E-state index in [1.165, 1.54) is 0 Å². The van der Waals surface area contributed by atoms with Crippen molar-refractivity contribution in [1.82, 2.24) is 0 Å². The molecule has 1 saturated heterocycles. The largest absolute Gasteiger partial charge is 0.482 e. The van der Waals surface area contributed by atoms with Gasteiger partial charge in [0.25, 0.3) is 5.91 Å². The van der Waals surface area contributed by atoms with E-state index in [1.54, 1.807) is 6.07 Å². The zero-order valence-corrected chi connectivity index (χ0v) is 10.4. The minimum atomic E-state index is -0.163. The molecule has 2 N–H and O–H groups in total. The summed E-state index contributed by atoms with van der Waals surface area (Å²) >= 11 is 6.18. The quantitative estimate of drug-likeness (QED) is 0.860. The van der Waals surface area contributed by atoms with Crippen LogP contribution in [0.3, 0.4) is 0 Å². The molecule has 0 saturated carbocycles. The first-order valence-electron chi connectivity index (χ1n) is 5.83. The van der Waals surface area contributed by atoms with Crippen molar-refractivity contribution in [1.29, 1.82) is 0 Å². The van der Waals surface area contributed by atoms with Gasteiger partial charge in [-0.25, -0.2) is 0 Å².